The van der Waals surface area contributed by atoms with Crippen LogP contribution in [0.3, 0.4) is 0 Å². The maximum atomic E-state index is 11.3. The lowest BCUT2D eigenvalue weighted by Crippen LogP contribution is -2.54. The lowest BCUT2D eigenvalue weighted by Gasteiger charge is -2.40. The maximum Gasteiger partial charge on any atom is 0.134 e. The number of carbonyl (C=O) groups is 2. The second-order valence-corrected chi connectivity index (χ2v) is 15.2. The van der Waals surface area contributed by atoms with Gasteiger partial charge in [-0.3, -0.25) is 0 Å². The van der Waals surface area contributed by atoms with Crippen LogP contribution in [0, 0.1) is 5.92 Å². The molecule has 280 valence electrons. The minimum Gasteiger partial charge on any atom is -0.487 e. The summed E-state index contributed by atoms with van der Waals surface area (Å²) in [5.74, 6) is 6.23. The molecule has 2 aromatic heterocycles. The zero-order chi connectivity index (χ0) is 37.5. The molecule has 1 aliphatic carbocycles. The van der Waals surface area contributed by atoms with Gasteiger partial charge in [-0.05, 0) is 79.8 Å². The lowest BCUT2D eigenvalue weighted by atomic mass is 9.96. The number of hydrogen-bond donors (Lipinski definition) is 0. The number of hydrogen-bond acceptors (Lipinski definition) is 11. The third-order valence-corrected chi connectivity index (χ3v) is 10.1. The standard InChI is InChI=1S/C23H30N4O2.C18H20ClN3O2/c1-16(10-17(2)28)19-6-8-20(9-7-19)29-21-13-27(14-21)23-11-22(24-15-25-23)26(3)12-18-4-5-18;1-12(7-13(2)23)14-3-5-15(6-4-14)24-16-9-22(10-16)18-8-17(19)20-11-21-18/h6-9,11,15-16,18,21H,4-5,10,12-14H2,1-3H3;3-6,8,11-12,16H,7,9-10H2,1-2H3/t16-;12-/m11/s1. The van der Waals surface area contributed by atoms with E-state index in [1.807, 2.05) is 36.4 Å². The van der Waals surface area contributed by atoms with E-state index in [0.717, 1.165) is 73.2 Å². The van der Waals surface area contributed by atoms with Gasteiger partial charge in [0.15, 0.2) is 0 Å². The molecule has 7 rings (SSSR count). The van der Waals surface area contributed by atoms with Crippen LogP contribution >= 0.6 is 11.6 Å². The van der Waals surface area contributed by atoms with Crippen molar-refractivity contribution in [3.63, 3.8) is 0 Å². The Morgan fingerprint density at radius 1 is 0.736 bits per heavy atom. The van der Waals surface area contributed by atoms with Gasteiger partial charge in [-0.15, -0.1) is 0 Å². The molecule has 4 aromatic rings. The van der Waals surface area contributed by atoms with Gasteiger partial charge in [-0.1, -0.05) is 49.7 Å². The first kappa shape index (κ1) is 38.0. The van der Waals surface area contributed by atoms with E-state index in [9.17, 15) is 9.59 Å². The molecule has 1 saturated carbocycles. The Labute approximate surface area is 317 Å². The third-order valence-electron chi connectivity index (χ3n) is 9.91. The molecule has 3 fully saturated rings. The fourth-order valence-corrected chi connectivity index (χ4v) is 6.77. The number of nitrogens with zero attached hydrogens (tertiary/aromatic N) is 7. The van der Waals surface area contributed by atoms with Gasteiger partial charge in [0.1, 0.15) is 70.5 Å². The van der Waals surface area contributed by atoms with E-state index in [2.05, 4.69) is 73.7 Å². The van der Waals surface area contributed by atoms with Crippen molar-refractivity contribution in [2.24, 2.45) is 5.92 Å². The minimum absolute atomic E-state index is 0.138. The second-order valence-electron chi connectivity index (χ2n) is 14.8. The smallest absolute Gasteiger partial charge is 0.134 e. The topological polar surface area (TPSA) is 114 Å². The van der Waals surface area contributed by atoms with Crippen molar-refractivity contribution < 1.29 is 19.1 Å². The highest BCUT2D eigenvalue weighted by Crippen LogP contribution is 2.32. The van der Waals surface area contributed by atoms with Crippen molar-refractivity contribution in [1.82, 2.24) is 19.9 Å². The maximum absolute atomic E-state index is 11.3. The highest BCUT2D eigenvalue weighted by Gasteiger charge is 2.31. The number of anilines is 3. The first-order valence-electron chi connectivity index (χ1n) is 18.5. The summed E-state index contributed by atoms with van der Waals surface area (Å²) < 4.78 is 12.1. The van der Waals surface area contributed by atoms with Gasteiger partial charge >= 0.3 is 0 Å². The molecule has 11 nitrogen and oxygen atoms in total. The third kappa shape index (κ3) is 10.9. The minimum atomic E-state index is 0.138. The van der Waals surface area contributed by atoms with Gasteiger partial charge in [0.05, 0.1) is 26.2 Å². The molecular formula is C41H50ClN7O4. The van der Waals surface area contributed by atoms with E-state index in [4.69, 9.17) is 21.1 Å². The van der Waals surface area contributed by atoms with Crippen LogP contribution in [0.25, 0.3) is 0 Å². The van der Waals surface area contributed by atoms with Gasteiger partial charge < -0.3 is 33.8 Å². The number of ketones is 2. The molecule has 4 heterocycles. The number of benzene rings is 2. The van der Waals surface area contributed by atoms with E-state index in [1.54, 1.807) is 26.2 Å². The number of ether oxygens (including phenoxy) is 2. The molecule has 2 aromatic carbocycles. The van der Waals surface area contributed by atoms with E-state index in [0.29, 0.717) is 18.0 Å². The summed E-state index contributed by atoms with van der Waals surface area (Å²) in [6, 6.07) is 20.0. The summed E-state index contributed by atoms with van der Waals surface area (Å²) in [5.41, 5.74) is 2.33. The average molecular weight is 740 g/mol. The highest BCUT2D eigenvalue weighted by molar-refractivity contribution is 6.29. The summed E-state index contributed by atoms with van der Waals surface area (Å²) in [4.78, 5) is 46.0. The number of Topliss-reactive ketones (excluding diaryl/α,β-unsaturated/α-hetero) is 2. The fourth-order valence-electron chi connectivity index (χ4n) is 6.63. The predicted octanol–water partition coefficient (Wildman–Crippen LogP) is 7.15. The monoisotopic (exact) mass is 739 g/mol. The molecule has 0 spiro atoms. The molecule has 2 saturated heterocycles. The van der Waals surface area contributed by atoms with Crippen molar-refractivity contribution in [3.8, 4) is 11.5 Å². The van der Waals surface area contributed by atoms with E-state index < -0.39 is 0 Å². The van der Waals surface area contributed by atoms with Crippen molar-refractivity contribution in [2.45, 2.75) is 77.4 Å². The lowest BCUT2D eigenvalue weighted by molar-refractivity contribution is -0.118. The van der Waals surface area contributed by atoms with Crippen molar-refractivity contribution in [1.29, 1.82) is 0 Å². The molecule has 0 radical (unpaired) electrons. The zero-order valence-corrected chi connectivity index (χ0v) is 32.1. The van der Waals surface area contributed by atoms with Gasteiger partial charge in [0, 0.05) is 38.6 Å². The van der Waals surface area contributed by atoms with Crippen LogP contribution in [-0.2, 0) is 9.59 Å². The van der Waals surface area contributed by atoms with E-state index in [-0.39, 0.29) is 35.6 Å². The zero-order valence-electron chi connectivity index (χ0n) is 31.3. The van der Waals surface area contributed by atoms with Crippen LogP contribution < -0.4 is 24.2 Å². The molecular weight excluding hydrogens is 690 g/mol. The molecule has 0 unspecified atom stereocenters. The quantitative estimate of drug-likeness (QED) is 0.116. The summed E-state index contributed by atoms with van der Waals surface area (Å²) in [6.07, 6.45) is 7.25. The Balaban J connectivity index is 0.000000185. The summed E-state index contributed by atoms with van der Waals surface area (Å²) >= 11 is 5.88. The molecule has 0 amide bonds. The van der Waals surface area contributed by atoms with Crippen molar-refractivity contribution in [2.75, 3.05) is 54.5 Å². The normalized spacial score (nSPS) is 16.7. The second kappa shape index (κ2) is 17.4. The van der Waals surface area contributed by atoms with E-state index in [1.165, 1.54) is 24.7 Å². The number of rotatable bonds is 15. The summed E-state index contributed by atoms with van der Waals surface area (Å²) in [7, 11) is 2.10. The molecule has 2 aliphatic heterocycles. The Hall–Kier alpha value is -4.77. The Morgan fingerprint density at radius 2 is 1.19 bits per heavy atom. The van der Waals surface area contributed by atoms with Crippen molar-refractivity contribution in [3.05, 3.63) is 89.6 Å². The van der Waals surface area contributed by atoms with Gasteiger partial charge in [0.25, 0.3) is 0 Å². The van der Waals surface area contributed by atoms with Crippen LogP contribution in [0.15, 0.2) is 73.3 Å². The number of aromatic nitrogens is 4. The largest absolute Gasteiger partial charge is 0.487 e. The molecule has 2 atom stereocenters. The van der Waals surface area contributed by atoms with Crippen molar-refractivity contribution >= 4 is 40.6 Å². The first-order chi connectivity index (χ1) is 25.5. The van der Waals surface area contributed by atoms with Gasteiger partial charge in [0.2, 0.25) is 0 Å². The van der Waals surface area contributed by atoms with Crippen LogP contribution in [-0.4, -0.2) is 83.5 Å². The average Bonchev–Trinajstić information content (AvgIpc) is 3.92. The predicted molar refractivity (Wildman–Crippen MR) is 209 cm³/mol. The van der Waals surface area contributed by atoms with Crippen LogP contribution in [0.5, 0.6) is 11.5 Å². The first-order valence-corrected chi connectivity index (χ1v) is 18.9. The summed E-state index contributed by atoms with van der Waals surface area (Å²) in [5, 5.41) is 0.444. The highest BCUT2D eigenvalue weighted by atomic mass is 35.5. The van der Waals surface area contributed by atoms with Gasteiger partial charge in [-0.2, -0.15) is 0 Å². The van der Waals surface area contributed by atoms with E-state index >= 15 is 0 Å². The molecule has 0 N–H and O–H groups in total. The molecule has 53 heavy (non-hydrogen) atoms. The molecule has 3 aliphatic rings. The fraction of sp³-hybridized carbons (Fsp3) is 0.463. The number of halogens is 1. The van der Waals surface area contributed by atoms with Crippen LogP contribution in [0.2, 0.25) is 5.15 Å². The number of carbonyl (C=O) groups excluding carboxylic acids is 2. The Bertz CT molecular complexity index is 1830. The Kier molecular flexibility index (Phi) is 12.4. The van der Waals surface area contributed by atoms with Crippen LogP contribution in [0.1, 0.15) is 76.3 Å². The summed E-state index contributed by atoms with van der Waals surface area (Å²) in [6.45, 7) is 11.7. The SMILES string of the molecule is CC(=O)C[C@@H](C)c1ccc(OC2CN(c3cc(Cl)ncn3)C2)cc1.CC(=O)C[C@@H](C)c1ccc(OC2CN(c3cc(N(C)CC4CC4)ncn3)C2)cc1. The van der Waals surface area contributed by atoms with Crippen LogP contribution in [0.4, 0.5) is 17.5 Å². The van der Waals surface area contributed by atoms with Gasteiger partial charge in [-0.25, -0.2) is 19.9 Å². The molecule has 0 bridgehead atoms. The Morgan fingerprint density at radius 3 is 1.62 bits per heavy atom. The molecule has 12 heteroatoms.